The van der Waals surface area contributed by atoms with E-state index >= 15 is 0 Å². The van der Waals surface area contributed by atoms with Gasteiger partial charge in [0.25, 0.3) is 10.0 Å². The largest absolute Gasteiger partial charge is 0.497 e. The lowest BCUT2D eigenvalue weighted by Crippen LogP contribution is -2.18. The van der Waals surface area contributed by atoms with Gasteiger partial charge >= 0.3 is 0 Å². The van der Waals surface area contributed by atoms with E-state index in [2.05, 4.69) is 0 Å². The van der Waals surface area contributed by atoms with Gasteiger partial charge in [0.15, 0.2) is 0 Å². The minimum atomic E-state index is -3.87. The van der Waals surface area contributed by atoms with Crippen molar-refractivity contribution in [3.63, 3.8) is 0 Å². The van der Waals surface area contributed by atoms with E-state index in [1.807, 2.05) is 12.1 Å². The van der Waals surface area contributed by atoms with Gasteiger partial charge in [-0.05, 0) is 35.9 Å². The Kier molecular flexibility index (Phi) is 5.80. The Labute approximate surface area is 186 Å². The summed E-state index contributed by atoms with van der Waals surface area (Å²) in [5, 5.41) is 0.778. The molecule has 0 unspecified atom stereocenters. The second-order valence-corrected chi connectivity index (χ2v) is 9.14. The molecule has 166 valence electrons. The summed E-state index contributed by atoms with van der Waals surface area (Å²) in [6.45, 7) is 0.310. The van der Waals surface area contributed by atoms with E-state index in [0.717, 1.165) is 10.9 Å². The molecule has 0 amide bonds. The zero-order valence-electron chi connectivity index (χ0n) is 17.9. The molecule has 0 aliphatic heterocycles. The monoisotopic (exact) mass is 454 g/mol. The third-order valence-corrected chi connectivity index (χ3v) is 7.00. The number of fused-ring (bicyclic) bond motifs is 1. The van der Waals surface area contributed by atoms with Crippen LogP contribution in [0.2, 0.25) is 0 Å². The van der Waals surface area contributed by atoms with Gasteiger partial charge in [-0.25, -0.2) is 16.8 Å². The van der Waals surface area contributed by atoms with Crippen LogP contribution >= 0.6 is 0 Å². The first kappa shape index (κ1) is 21.7. The number of hydrogen-bond acceptors (Lipinski definition) is 5. The summed E-state index contributed by atoms with van der Waals surface area (Å²) in [7, 11) is 0.861. The highest BCUT2D eigenvalue weighted by Crippen LogP contribution is 2.30. The maximum atomic E-state index is 14.6. The van der Waals surface area contributed by atoms with Crippen molar-refractivity contribution in [1.82, 2.24) is 3.97 Å². The van der Waals surface area contributed by atoms with Crippen molar-refractivity contribution in [2.75, 3.05) is 26.2 Å². The number of benzene rings is 3. The molecule has 0 spiro atoms. The summed E-state index contributed by atoms with van der Waals surface area (Å²) in [6, 6.07) is 18.3. The molecule has 6 nitrogen and oxygen atoms in total. The van der Waals surface area contributed by atoms with Crippen LogP contribution in [0.4, 0.5) is 10.1 Å². The number of methoxy groups -OCH3 is 2. The number of para-hydroxylation sites is 1. The molecule has 4 aromatic rings. The summed E-state index contributed by atoms with van der Waals surface area (Å²) in [5.74, 6) is 0.470. The van der Waals surface area contributed by atoms with Gasteiger partial charge in [-0.15, -0.1) is 0 Å². The second kappa shape index (κ2) is 8.55. The van der Waals surface area contributed by atoms with E-state index in [-0.39, 0.29) is 4.90 Å². The topological polar surface area (TPSA) is 60.8 Å². The van der Waals surface area contributed by atoms with Gasteiger partial charge < -0.3 is 14.4 Å². The number of anilines is 1. The fourth-order valence-electron chi connectivity index (χ4n) is 3.68. The molecule has 32 heavy (non-hydrogen) atoms. The van der Waals surface area contributed by atoms with Crippen LogP contribution in [0.5, 0.6) is 11.5 Å². The molecule has 1 heterocycles. The summed E-state index contributed by atoms with van der Waals surface area (Å²) >= 11 is 0. The molecule has 0 fully saturated rings. The zero-order chi connectivity index (χ0) is 22.9. The molecular formula is C24H23FN2O4S. The lowest BCUT2D eigenvalue weighted by molar-refractivity contribution is 0.411. The quantitative estimate of drug-likeness (QED) is 0.406. The van der Waals surface area contributed by atoms with Crippen molar-refractivity contribution < 1.29 is 22.3 Å². The Morgan fingerprint density at radius 3 is 2.38 bits per heavy atom. The Hall–Kier alpha value is -3.52. The number of halogens is 1. The SMILES string of the molecule is COc1cccc(S(=O)(=O)n2cc(CN(C)c3ccc(OC)cc3F)c3ccccc32)c1. The van der Waals surface area contributed by atoms with E-state index in [1.165, 1.54) is 36.4 Å². The van der Waals surface area contributed by atoms with Crippen LogP contribution in [0.3, 0.4) is 0 Å². The van der Waals surface area contributed by atoms with Crippen LogP contribution < -0.4 is 14.4 Å². The Morgan fingerprint density at radius 1 is 0.938 bits per heavy atom. The maximum absolute atomic E-state index is 14.6. The summed E-state index contributed by atoms with van der Waals surface area (Å²) in [4.78, 5) is 1.86. The van der Waals surface area contributed by atoms with Crippen LogP contribution in [0, 0.1) is 5.82 Å². The highest BCUT2D eigenvalue weighted by atomic mass is 32.2. The molecular weight excluding hydrogens is 431 g/mol. The first-order valence-corrected chi connectivity index (χ1v) is 11.3. The van der Waals surface area contributed by atoms with Crippen molar-refractivity contribution in [1.29, 1.82) is 0 Å². The van der Waals surface area contributed by atoms with E-state index in [4.69, 9.17) is 9.47 Å². The first-order valence-electron chi connectivity index (χ1n) is 9.88. The molecule has 0 atom stereocenters. The molecule has 3 aromatic carbocycles. The molecule has 0 N–H and O–H groups in total. The molecule has 8 heteroatoms. The smallest absolute Gasteiger partial charge is 0.268 e. The molecule has 0 saturated heterocycles. The fraction of sp³-hybridized carbons (Fsp3) is 0.167. The summed E-state index contributed by atoms with van der Waals surface area (Å²) in [6.07, 6.45) is 1.59. The highest BCUT2D eigenvalue weighted by molar-refractivity contribution is 7.90. The number of aromatic nitrogens is 1. The molecule has 4 rings (SSSR count). The van der Waals surface area contributed by atoms with Gasteiger partial charge in [0.1, 0.15) is 17.3 Å². The van der Waals surface area contributed by atoms with Gasteiger partial charge in [-0.1, -0.05) is 24.3 Å². The van der Waals surface area contributed by atoms with Gasteiger partial charge in [0.2, 0.25) is 0 Å². The van der Waals surface area contributed by atoms with Crippen LogP contribution in [0.15, 0.2) is 77.8 Å². The first-order chi connectivity index (χ1) is 15.3. The average Bonchev–Trinajstić information content (AvgIpc) is 3.18. The number of hydrogen-bond donors (Lipinski definition) is 0. The lowest BCUT2D eigenvalue weighted by Gasteiger charge is -2.20. The van der Waals surface area contributed by atoms with E-state index in [9.17, 15) is 12.8 Å². The third-order valence-electron chi connectivity index (χ3n) is 5.33. The third kappa shape index (κ3) is 3.89. The minimum Gasteiger partial charge on any atom is -0.497 e. The molecule has 0 aliphatic rings. The van der Waals surface area contributed by atoms with Crippen molar-refractivity contribution in [3.8, 4) is 11.5 Å². The van der Waals surface area contributed by atoms with E-state index in [1.54, 1.807) is 54.5 Å². The molecule has 0 aliphatic carbocycles. The lowest BCUT2D eigenvalue weighted by atomic mass is 10.1. The molecule has 0 bridgehead atoms. The number of ether oxygens (including phenoxy) is 2. The maximum Gasteiger partial charge on any atom is 0.268 e. The van der Waals surface area contributed by atoms with Gasteiger partial charge in [0, 0.05) is 37.3 Å². The van der Waals surface area contributed by atoms with E-state index < -0.39 is 15.8 Å². The normalized spacial score (nSPS) is 11.5. The predicted octanol–water partition coefficient (Wildman–Crippen LogP) is 4.67. The number of rotatable bonds is 7. The van der Waals surface area contributed by atoms with Crippen molar-refractivity contribution in [2.45, 2.75) is 11.4 Å². The molecule has 0 saturated carbocycles. The molecule has 0 radical (unpaired) electrons. The Morgan fingerprint density at radius 2 is 1.66 bits per heavy atom. The average molecular weight is 455 g/mol. The summed E-state index contributed by atoms with van der Waals surface area (Å²) in [5.41, 5.74) is 1.69. The predicted molar refractivity (Wildman–Crippen MR) is 123 cm³/mol. The van der Waals surface area contributed by atoms with Gasteiger partial charge in [-0.3, -0.25) is 0 Å². The Balaban J connectivity index is 1.76. The van der Waals surface area contributed by atoms with Crippen molar-refractivity contribution in [2.24, 2.45) is 0 Å². The highest BCUT2D eigenvalue weighted by Gasteiger charge is 2.22. The molecule has 1 aromatic heterocycles. The second-order valence-electron chi connectivity index (χ2n) is 7.32. The van der Waals surface area contributed by atoms with Crippen molar-refractivity contribution in [3.05, 3.63) is 84.3 Å². The minimum absolute atomic E-state index is 0.124. The zero-order valence-corrected chi connectivity index (χ0v) is 18.8. The standard InChI is InChI=1S/C24H23FN2O4S/c1-26(24-12-11-19(31-3)14-22(24)25)15-17-16-27(23-10-5-4-9-21(17)23)32(28,29)20-8-6-7-18(13-20)30-2/h4-14,16H,15H2,1-3H3. The Bertz CT molecular complexity index is 1380. The summed E-state index contributed by atoms with van der Waals surface area (Å²) < 4.78 is 52.9. The van der Waals surface area contributed by atoms with Gasteiger partial charge in [-0.2, -0.15) is 0 Å². The van der Waals surface area contributed by atoms with Gasteiger partial charge in [0.05, 0.1) is 30.3 Å². The van der Waals surface area contributed by atoms with Crippen molar-refractivity contribution >= 4 is 26.6 Å². The van der Waals surface area contributed by atoms with Crippen LogP contribution in [0.1, 0.15) is 5.56 Å². The van der Waals surface area contributed by atoms with Crippen LogP contribution in [0.25, 0.3) is 10.9 Å². The fourth-order valence-corrected chi connectivity index (χ4v) is 5.11. The van der Waals surface area contributed by atoms with Crippen LogP contribution in [-0.2, 0) is 16.6 Å². The van der Waals surface area contributed by atoms with Crippen LogP contribution in [-0.4, -0.2) is 33.7 Å². The van der Waals surface area contributed by atoms with E-state index in [0.29, 0.717) is 29.2 Å². The number of nitrogens with zero attached hydrogens (tertiary/aromatic N) is 2.